The number of aromatic nitrogens is 2. The van der Waals surface area contributed by atoms with Gasteiger partial charge in [0.2, 0.25) is 5.95 Å². The first kappa shape index (κ1) is 12.5. The van der Waals surface area contributed by atoms with E-state index in [4.69, 9.17) is 0 Å². The highest BCUT2D eigenvalue weighted by atomic mass is 19.1. The highest BCUT2D eigenvalue weighted by Gasteiger charge is 2.07. The summed E-state index contributed by atoms with van der Waals surface area (Å²) in [6, 6.07) is 3.32. The molecule has 2 rings (SSSR count). The normalized spacial score (nSPS) is 10.7. The van der Waals surface area contributed by atoms with Crippen molar-refractivity contribution in [1.29, 1.82) is 0 Å². The fourth-order valence-electron chi connectivity index (χ4n) is 1.81. The molecule has 0 aliphatic rings. The van der Waals surface area contributed by atoms with Crippen LogP contribution in [-0.4, -0.2) is 9.55 Å². The average molecular weight is 251 g/mol. The number of anilines is 2. The Morgan fingerprint density at radius 3 is 2.50 bits per heavy atom. The van der Waals surface area contributed by atoms with Crippen LogP contribution >= 0.6 is 0 Å². The lowest BCUT2D eigenvalue weighted by molar-refractivity contribution is 0.584. The van der Waals surface area contributed by atoms with Gasteiger partial charge in [0.05, 0.1) is 5.69 Å². The van der Waals surface area contributed by atoms with E-state index in [0.29, 0.717) is 11.6 Å². The first-order valence-corrected chi connectivity index (χ1v) is 5.85. The molecule has 18 heavy (non-hydrogen) atoms. The summed E-state index contributed by atoms with van der Waals surface area (Å²) in [5, 5.41) is 2.93. The molecule has 0 amide bonds. The van der Waals surface area contributed by atoms with Crippen LogP contribution in [0.2, 0.25) is 0 Å². The van der Waals surface area contributed by atoms with Crippen molar-refractivity contribution in [2.75, 3.05) is 5.32 Å². The summed E-state index contributed by atoms with van der Waals surface area (Å²) in [5.74, 6) is -0.620. The molecule has 0 aliphatic heterocycles. The second-order valence-corrected chi connectivity index (χ2v) is 4.18. The molecule has 0 fully saturated rings. The number of nitrogens with zero attached hydrogens (tertiary/aromatic N) is 2. The number of imidazole rings is 1. The van der Waals surface area contributed by atoms with E-state index in [1.54, 1.807) is 0 Å². The summed E-state index contributed by atoms with van der Waals surface area (Å²) in [5.41, 5.74) is 1.22. The maximum atomic E-state index is 13.1. The van der Waals surface area contributed by atoms with Crippen molar-refractivity contribution in [1.82, 2.24) is 9.55 Å². The van der Waals surface area contributed by atoms with Crippen LogP contribution in [0.25, 0.3) is 0 Å². The third kappa shape index (κ3) is 2.85. The van der Waals surface area contributed by atoms with Crippen LogP contribution < -0.4 is 5.32 Å². The molecule has 5 heteroatoms. The fraction of sp³-hybridized carbons (Fsp3) is 0.308. The van der Waals surface area contributed by atoms with Crippen molar-refractivity contribution in [3.05, 3.63) is 41.7 Å². The Bertz CT molecular complexity index is 529. The molecule has 1 heterocycles. The number of nitrogens with one attached hydrogen (secondary N) is 1. The van der Waals surface area contributed by atoms with Gasteiger partial charge in [-0.15, -0.1) is 0 Å². The van der Waals surface area contributed by atoms with E-state index in [-0.39, 0.29) is 0 Å². The molecule has 0 saturated carbocycles. The SMILES string of the molecule is CCCn1cc(C)nc1Nc1cc(F)cc(F)c1. The molecule has 0 spiro atoms. The molecule has 0 aliphatic carbocycles. The van der Waals surface area contributed by atoms with E-state index in [9.17, 15) is 8.78 Å². The van der Waals surface area contributed by atoms with Crippen LogP contribution in [0, 0.1) is 18.6 Å². The van der Waals surface area contributed by atoms with E-state index in [1.807, 2.05) is 17.7 Å². The molecule has 1 aromatic heterocycles. The largest absolute Gasteiger partial charge is 0.325 e. The van der Waals surface area contributed by atoms with Gasteiger partial charge in [-0.2, -0.15) is 0 Å². The Morgan fingerprint density at radius 1 is 1.22 bits per heavy atom. The summed E-state index contributed by atoms with van der Waals surface area (Å²) >= 11 is 0. The first-order chi connectivity index (χ1) is 8.58. The third-order valence-corrected chi connectivity index (χ3v) is 2.48. The predicted molar refractivity (Wildman–Crippen MR) is 66.9 cm³/mol. The standard InChI is InChI=1S/C13H15F2N3/c1-3-4-18-8-9(2)16-13(18)17-12-6-10(14)5-11(15)7-12/h5-8H,3-4H2,1-2H3,(H,16,17). The molecule has 0 saturated heterocycles. The van der Waals surface area contributed by atoms with Gasteiger partial charge in [-0.1, -0.05) is 6.92 Å². The van der Waals surface area contributed by atoms with E-state index in [2.05, 4.69) is 17.2 Å². The zero-order valence-electron chi connectivity index (χ0n) is 10.4. The molecule has 3 nitrogen and oxygen atoms in total. The van der Waals surface area contributed by atoms with Crippen molar-refractivity contribution < 1.29 is 8.78 Å². The van der Waals surface area contributed by atoms with Gasteiger partial charge in [0.1, 0.15) is 11.6 Å². The Hall–Kier alpha value is -1.91. The Kier molecular flexibility index (Phi) is 3.60. The first-order valence-electron chi connectivity index (χ1n) is 5.85. The molecule has 0 bridgehead atoms. The zero-order valence-corrected chi connectivity index (χ0v) is 10.4. The minimum Gasteiger partial charge on any atom is -0.325 e. The maximum Gasteiger partial charge on any atom is 0.207 e. The van der Waals surface area contributed by atoms with E-state index < -0.39 is 11.6 Å². The third-order valence-electron chi connectivity index (χ3n) is 2.48. The molecule has 1 aromatic carbocycles. The second-order valence-electron chi connectivity index (χ2n) is 4.18. The topological polar surface area (TPSA) is 29.9 Å². The Balaban J connectivity index is 2.27. The number of aryl methyl sites for hydroxylation is 2. The molecule has 0 unspecified atom stereocenters. The van der Waals surface area contributed by atoms with Crippen LogP contribution in [-0.2, 0) is 6.54 Å². The molecular weight excluding hydrogens is 236 g/mol. The number of hydrogen-bond acceptors (Lipinski definition) is 2. The highest BCUT2D eigenvalue weighted by Crippen LogP contribution is 2.19. The monoisotopic (exact) mass is 251 g/mol. The van der Waals surface area contributed by atoms with Gasteiger partial charge in [0.25, 0.3) is 0 Å². The summed E-state index contributed by atoms with van der Waals surface area (Å²) in [7, 11) is 0. The lowest BCUT2D eigenvalue weighted by atomic mass is 10.3. The summed E-state index contributed by atoms with van der Waals surface area (Å²) in [6.45, 7) is 4.74. The smallest absolute Gasteiger partial charge is 0.207 e. The van der Waals surface area contributed by atoms with Crippen molar-refractivity contribution >= 4 is 11.6 Å². The van der Waals surface area contributed by atoms with Crippen LogP contribution in [0.1, 0.15) is 19.0 Å². The number of hydrogen-bond donors (Lipinski definition) is 1. The summed E-state index contributed by atoms with van der Waals surface area (Å²) < 4.78 is 28.1. The van der Waals surface area contributed by atoms with E-state index >= 15 is 0 Å². The molecule has 0 atom stereocenters. The van der Waals surface area contributed by atoms with Crippen molar-refractivity contribution in [2.24, 2.45) is 0 Å². The van der Waals surface area contributed by atoms with Gasteiger partial charge >= 0.3 is 0 Å². The second kappa shape index (κ2) is 5.16. The van der Waals surface area contributed by atoms with Crippen molar-refractivity contribution in [3.8, 4) is 0 Å². The van der Waals surface area contributed by atoms with Gasteiger partial charge in [-0.05, 0) is 25.5 Å². The Morgan fingerprint density at radius 2 is 1.89 bits per heavy atom. The molecule has 2 aromatic rings. The van der Waals surface area contributed by atoms with Crippen molar-refractivity contribution in [2.45, 2.75) is 26.8 Å². The van der Waals surface area contributed by atoms with Crippen molar-refractivity contribution in [3.63, 3.8) is 0 Å². The lowest BCUT2D eigenvalue weighted by Gasteiger charge is -2.08. The predicted octanol–water partition coefficient (Wildman–Crippen LogP) is 3.62. The van der Waals surface area contributed by atoms with Crippen LogP contribution in [0.5, 0.6) is 0 Å². The fourth-order valence-corrected chi connectivity index (χ4v) is 1.81. The van der Waals surface area contributed by atoms with Gasteiger partial charge in [0, 0.05) is 24.5 Å². The van der Waals surface area contributed by atoms with Gasteiger partial charge in [-0.3, -0.25) is 0 Å². The summed E-state index contributed by atoms with van der Waals surface area (Å²) in [6.07, 6.45) is 2.86. The summed E-state index contributed by atoms with van der Waals surface area (Å²) in [4.78, 5) is 4.29. The number of rotatable bonds is 4. The zero-order chi connectivity index (χ0) is 13.1. The van der Waals surface area contributed by atoms with Crippen LogP contribution in [0.4, 0.5) is 20.4 Å². The highest BCUT2D eigenvalue weighted by molar-refractivity contribution is 5.54. The van der Waals surface area contributed by atoms with E-state index in [0.717, 1.165) is 24.7 Å². The minimum absolute atomic E-state index is 0.357. The Labute approximate surface area is 104 Å². The quantitative estimate of drug-likeness (QED) is 0.899. The van der Waals surface area contributed by atoms with Gasteiger partial charge < -0.3 is 9.88 Å². The van der Waals surface area contributed by atoms with Gasteiger partial charge in [0.15, 0.2) is 0 Å². The molecule has 1 N–H and O–H groups in total. The van der Waals surface area contributed by atoms with Crippen LogP contribution in [0.3, 0.4) is 0 Å². The molecular formula is C13H15F2N3. The average Bonchev–Trinajstić information content (AvgIpc) is 2.58. The van der Waals surface area contributed by atoms with Crippen LogP contribution in [0.15, 0.2) is 24.4 Å². The maximum absolute atomic E-state index is 13.1. The van der Waals surface area contributed by atoms with E-state index in [1.165, 1.54) is 12.1 Å². The molecule has 96 valence electrons. The minimum atomic E-state index is -0.609. The molecule has 0 radical (unpaired) electrons. The number of halogens is 2. The lowest BCUT2D eigenvalue weighted by Crippen LogP contribution is -2.03. The number of benzene rings is 1. The van der Waals surface area contributed by atoms with Gasteiger partial charge in [-0.25, -0.2) is 13.8 Å².